The van der Waals surface area contributed by atoms with Crippen LogP contribution in [0.4, 0.5) is 0 Å². The van der Waals surface area contributed by atoms with Crippen LogP contribution in [0.1, 0.15) is 18.9 Å². The fraction of sp³-hybridized carbons (Fsp3) is 0.353. The third-order valence-corrected chi connectivity index (χ3v) is 4.40. The zero-order valence-electron chi connectivity index (χ0n) is 12.5. The number of carbonyl (C=O) groups excluding carboxylic acids is 1. The third-order valence-electron chi connectivity index (χ3n) is 4.40. The van der Waals surface area contributed by atoms with E-state index in [1.54, 1.807) is 18.0 Å². The lowest BCUT2D eigenvalue weighted by Gasteiger charge is -2.20. The monoisotopic (exact) mass is 298 g/mol. The first-order valence-corrected chi connectivity index (χ1v) is 7.33. The van der Waals surface area contributed by atoms with Gasteiger partial charge in [0.1, 0.15) is 0 Å². The standard InChI is InChI=1S/C17H18N2O3/c1-17(16(21)22)7-9-19(11-17)14(20)10-13-5-2-4-12-6-3-8-18-15(12)13/h2-6,8H,7,9-11H2,1H3,(H,21,22). The Hall–Kier alpha value is -2.43. The Morgan fingerprint density at radius 2 is 2.09 bits per heavy atom. The maximum atomic E-state index is 12.5. The Morgan fingerprint density at radius 1 is 1.32 bits per heavy atom. The molecule has 22 heavy (non-hydrogen) atoms. The number of fused-ring (bicyclic) bond motifs is 1. The van der Waals surface area contributed by atoms with Gasteiger partial charge in [0.25, 0.3) is 0 Å². The molecule has 2 aromatic rings. The Labute approximate surface area is 128 Å². The summed E-state index contributed by atoms with van der Waals surface area (Å²) >= 11 is 0. The van der Waals surface area contributed by atoms with Gasteiger partial charge in [0.2, 0.25) is 5.91 Å². The number of rotatable bonds is 3. The minimum Gasteiger partial charge on any atom is -0.481 e. The number of aromatic nitrogens is 1. The maximum absolute atomic E-state index is 12.5. The maximum Gasteiger partial charge on any atom is 0.311 e. The fourth-order valence-electron chi connectivity index (χ4n) is 2.93. The second-order valence-corrected chi connectivity index (χ2v) is 6.10. The number of nitrogens with zero attached hydrogens (tertiary/aromatic N) is 2. The van der Waals surface area contributed by atoms with E-state index in [2.05, 4.69) is 4.98 Å². The van der Waals surface area contributed by atoms with Crippen molar-refractivity contribution in [2.24, 2.45) is 5.41 Å². The van der Waals surface area contributed by atoms with Gasteiger partial charge < -0.3 is 10.0 Å². The predicted molar refractivity (Wildman–Crippen MR) is 82.4 cm³/mol. The van der Waals surface area contributed by atoms with Crippen LogP contribution < -0.4 is 0 Å². The summed E-state index contributed by atoms with van der Waals surface area (Å²) in [6.45, 7) is 2.47. The predicted octanol–water partition coefficient (Wildman–Crippen LogP) is 2.10. The summed E-state index contributed by atoms with van der Waals surface area (Å²) < 4.78 is 0. The molecule has 114 valence electrons. The summed E-state index contributed by atoms with van der Waals surface area (Å²) in [5.41, 5.74) is 0.887. The molecule has 0 bridgehead atoms. The quantitative estimate of drug-likeness (QED) is 0.942. The molecule has 1 atom stereocenters. The largest absolute Gasteiger partial charge is 0.481 e. The van der Waals surface area contributed by atoms with Crippen molar-refractivity contribution in [3.63, 3.8) is 0 Å². The number of likely N-dealkylation sites (tertiary alicyclic amines) is 1. The van der Waals surface area contributed by atoms with E-state index in [0.717, 1.165) is 16.5 Å². The van der Waals surface area contributed by atoms with Gasteiger partial charge in [-0.2, -0.15) is 0 Å². The average molecular weight is 298 g/mol. The van der Waals surface area contributed by atoms with E-state index in [-0.39, 0.29) is 18.9 Å². The van der Waals surface area contributed by atoms with Crippen molar-refractivity contribution in [2.75, 3.05) is 13.1 Å². The molecule has 1 aliphatic heterocycles. The number of aliphatic carboxylic acids is 1. The number of para-hydroxylation sites is 1. The summed E-state index contributed by atoms with van der Waals surface area (Å²) in [4.78, 5) is 29.8. The number of hydrogen-bond donors (Lipinski definition) is 1. The average Bonchev–Trinajstić information content (AvgIpc) is 2.92. The molecule has 0 saturated carbocycles. The van der Waals surface area contributed by atoms with Gasteiger partial charge in [0.15, 0.2) is 0 Å². The van der Waals surface area contributed by atoms with Crippen molar-refractivity contribution in [3.05, 3.63) is 42.1 Å². The minimum absolute atomic E-state index is 0.0388. The topological polar surface area (TPSA) is 70.5 Å². The summed E-state index contributed by atoms with van der Waals surface area (Å²) in [6.07, 6.45) is 2.47. The molecular formula is C17H18N2O3. The van der Waals surface area contributed by atoms with E-state index in [1.165, 1.54) is 0 Å². The zero-order valence-corrected chi connectivity index (χ0v) is 12.5. The van der Waals surface area contributed by atoms with Crippen LogP contribution in [-0.4, -0.2) is 40.0 Å². The van der Waals surface area contributed by atoms with Crippen molar-refractivity contribution in [1.29, 1.82) is 0 Å². The molecule has 1 fully saturated rings. The van der Waals surface area contributed by atoms with E-state index < -0.39 is 11.4 Å². The van der Waals surface area contributed by atoms with Crippen LogP contribution in [0.15, 0.2) is 36.5 Å². The van der Waals surface area contributed by atoms with E-state index >= 15 is 0 Å². The van der Waals surface area contributed by atoms with Crippen molar-refractivity contribution in [2.45, 2.75) is 19.8 Å². The summed E-state index contributed by atoms with van der Waals surface area (Å²) in [5, 5.41) is 10.3. The number of carboxylic acids is 1. The molecule has 1 aliphatic rings. The van der Waals surface area contributed by atoms with Gasteiger partial charge in [-0.15, -0.1) is 0 Å². The molecule has 1 amide bonds. The van der Waals surface area contributed by atoms with Crippen LogP contribution in [0.3, 0.4) is 0 Å². The normalized spacial score (nSPS) is 21.2. The minimum atomic E-state index is -0.838. The highest BCUT2D eigenvalue weighted by atomic mass is 16.4. The Balaban J connectivity index is 1.79. The van der Waals surface area contributed by atoms with Crippen molar-refractivity contribution < 1.29 is 14.7 Å². The fourth-order valence-corrected chi connectivity index (χ4v) is 2.93. The third kappa shape index (κ3) is 2.54. The van der Waals surface area contributed by atoms with Crippen molar-refractivity contribution >= 4 is 22.8 Å². The number of carbonyl (C=O) groups is 2. The number of hydrogen-bond acceptors (Lipinski definition) is 3. The Bertz CT molecular complexity index is 738. The molecule has 1 aromatic carbocycles. The number of pyridine rings is 1. The number of benzene rings is 1. The highest BCUT2D eigenvalue weighted by Gasteiger charge is 2.41. The molecule has 2 heterocycles. The van der Waals surface area contributed by atoms with Crippen molar-refractivity contribution in [1.82, 2.24) is 9.88 Å². The van der Waals surface area contributed by atoms with Gasteiger partial charge in [-0.05, 0) is 25.0 Å². The second-order valence-electron chi connectivity index (χ2n) is 6.10. The van der Waals surface area contributed by atoms with Gasteiger partial charge in [-0.3, -0.25) is 14.6 Å². The highest BCUT2D eigenvalue weighted by molar-refractivity contribution is 5.88. The first-order chi connectivity index (χ1) is 10.5. The molecule has 3 rings (SSSR count). The zero-order chi connectivity index (χ0) is 15.7. The van der Waals surface area contributed by atoms with E-state index in [9.17, 15) is 14.7 Å². The van der Waals surface area contributed by atoms with Crippen LogP contribution >= 0.6 is 0 Å². The molecule has 5 nitrogen and oxygen atoms in total. The number of amides is 1. The molecule has 5 heteroatoms. The molecule has 0 spiro atoms. The lowest BCUT2D eigenvalue weighted by atomic mass is 9.90. The van der Waals surface area contributed by atoms with E-state index in [1.807, 2.05) is 30.3 Å². The van der Waals surface area contributed by atoms with Gasteiger partial charge >= 0.3 is 5.97 Å². The molecule has 1 saturated heterocycles. The highest BCUT2D eigenvalue weighted by Crippen LogP contribution is 2.30. The van der Waals surface area contributed by atoms with Crippen LogP contribution in [0.2, 0.25) is 0 Å². The van der Waals surface area contributed by atoms with Crippen LogP contribution in [-0.2, 0) is 16.0 Å². The van der Waals surface area contributed by atoms with Crippen LogP contribution in [0, 0.1) is 5.41 Å². The summed E-state index contributed by atoms with van der Waals surface area (Å²) in [6, 6.07) is 9.62. The smallest absolute Gasteiger partial charge is 0.311 e. The summed E-state index contributed by atoms with van der Waals surface area (Å²) in [5.74, 6) is -0.877. The lowest BCUT2D eigenvalue weighted by Crippen LogP contribution is -2.35. The Kier molecular flexibility index (Phi) is 3.56. The summed E-state index contributed by atoms with van der Waals surface area (Å²) in [7, 11) is 0. The molecule has 0 aliphatic carbocycles. The molecule has 0 radical (unpaired) electrons. The number of carboxylic acid groups (broad SMARTS) is 1. The molecule has 1 unspecified atom stereocenters. The van der Waals surface area contributed by atoms with Crippen molar-refractivity contribution in [3.8, 4) is 0 Å². The molecule has 1 aromatic heterocycles. The molecular weight excluding hydrogens is 280 g/mol. The van der Waals surface area contributed by atoms with Gasteiger partial charge in [0, 0.05) is 24.7 Å². The van der Waals surface area contributed by atoms with E-state index in [4.69, 9.17) is 0 Å². The van der Waals surface area contributed by atoms with Gasteiger partial charge in [-0.25, -0.2) is 0 Å². The second kappa shape index (κ2) is 5.40. The molecule has 1 N–H and O–H groups in total. The first kappa shape index (κ1) is 14.5. The van der Waals surface area contributed by atoms with Crippen LogP contribution in [0.5, 0.6) is 0 Å². The Morgan fingerprint density at radius 3 is 2.82 bits per heavy atom. The van der Waals surface area contributed by atoms with Gasteiger partial charge in [0.05, 0.1) is 17.4 Å². The van der Waals surface area contributed by atoms with Crippen LogP contribution in [0.25, 0.3) is 10.9 Å². The van der Waals surface area contributed by atoms with Gasteiger partial charge in [-0.1, -0.05) is 24.3 Å². The SMILES string of the molecule is CC1(C(=O)O)CCN(C(=O)Cc2cccc3cccnc23)C1. The van der Waals surface area contributed by atoms with E-state index in [0.29, 0.717) is 13.0 Å². The lowest BCUT2D eigenvalue weighted by molar-refractivity contribution is -0.147. The first-order valence-electron chi connectivity index (χ1n) is 7.33.